The van der Waals surface area contributed by atoms with Crippen LogP contribution in [-0.2, 0) is 9.84 Å². The van der Waals surface area contributed by atoms with E-state index in [4.69, 9.17) is 0 Å². The summed E-state index contributed by atoms with van der Waals surface area (Å²) in [5.74, 6) is 1.21. The Morgan fingerprint density at radius 2 is 2.26 bits per heavy atom. The van der Waals surface area contributed by atoms with Crippen LogP contribution < -0.4 is 10.6 Å². The first kappa shape index (κ1) is 14.3. The number of sulfone groups is 1. The Labute approximate surface area is 114 Å². The molecule has 0 amide bonds. The van der Waals surface area contributed by atoms with Crippen molar-refractivity contribution in [3.05, 3.63) is 18.2 Å². The number of nitrogens with one attached hydrogen (secondary N) is 2. The van der Waals surface area contributed by atoms with Crippen LogP contribution in [0.3, 0.4) is 0 Å². The van der Waals surface area contributed by atoms with Gasteiger partial charge in [-0.25, -0.2) is 13.4 Å². The molecular weight excluding hydrogens is 262 g/mol. The van der Waals surface area contributed by atoms with E-state index >= 15 is 0 Å². The predicted octanol–water partition coefficient (Wildman–Crippen LogP) is 1.29. The third-order valence-electron chi connectivity index (χ3n) is 3.32. The van der Waals surface area contributed by atoms with Crippen molar-refractivity contribution >= 4 is 15.7 Å². The Balaban J connectivity index is 1.95. The Kier molecular flexibility index (Phi) is 4.76. The monoisotopic (exact) mass is 283 g/mol. The summed E-state index contributed by atoms with van der Waals surface area (Å²) in [6.07, 6.45) is 4.86. The molecule has 0 aromatic carbocycles. The van der Waals surface area contributed by atoms with Gasteiger partial charge in [0, 0.05) is 12.8 Å². The van der Waals surface area contributed by atoms with Crippen molar-refractivity contribution in [3.63, 3.8) is 0 Å². The maximum absolute atomic E-state index is 11.4. The lowest BCUT2D eigenvalue weighted by atomic mass is 10.0. The molecule has 0 bridgehead atoms. The summed E-state index contributed by atoms with van der Waals surface area (Å²) in [6.45, 7) is 2.93. The molecule has 1 fully saturated rings. The summed E-state index contributed by atoms with van der Waals surface area (Å²) in [6, 6.07) is 5.05. The Morgan fingerprint density at radius 3 is 3.05 bits per heavy atom. The van der Waals surface area contributed by atoms with Gasteiger partial charge >= 0.3 is 0 Å². The molecule has 1 aliphatic heterocycles. The zero-order valence-electron chi connectivity index (χ0n) is 11.2. The van der Waals surface area contributed by atoms with Gasteiger partial charge in [-0.05, 0) is 44.0 Å². The van der Waals surface area contributed by atoms with Crippen molar-refractivity contribution in [2.45, 2.75) is 24.3 Å². The van der Waals surface area contributed by atoms with E-state index in [2.05, 4.69) is 15.6 Å². The van der Waals surface area contributed by atoms with E-state index in [-0.39, 0.29) is 5.03 Å². The first-order valence-corrected chi connectivity index (χ1v) is 8.56. The van der Waals surface area contributed by atoms with Crippen LogP contribution in [0.5, 0.6) is 0 Å². The first-order valence-electron chi connectivity index (χ1n) is 6.67. The smallest absolute Gasteiger partial charge is 0.192 e. The lowest BCUT2D eigenvalue weighted by Gasteiger charge is -2.15. The van der Waals surface area contributed by atoms with E-state index in [1.54, 1.807) is 12.1 Å². The standard InChI is InChI=1S/C13H21N3O2S/c1-19(17,18)13-7-4-6-12(16-13)15-10-11-5-2-3-8-14-9-11/h4,6-7,11,14H,2-3,5,8-10H2,1H3,(H,15,16). The maximum Gasteiger partial charge on any atom is 0.192 e. The lowest BCUT2D eigenvalue weighted by molar-refractivity contribution is 0.502. The minimum absolute atomic E-state index is 0.122. The number of hydrogen-bond donors (Lipinski definition) is 2. The molecule has 2 heterocycles. The fraction of sp³-hybridized carbons (Fsp3) is 0.615. The summed E-state index contributed by atoms with van der Waals surface area (Å²) in [7, 11) is -3.24. The van der Waals surface area contributed by atoms with Gasteiger partial charge < -0.3 is 10.6 Å². The second-order valence-electron chi connectivity index (χ2n) is 5.08. The molecule has 0 aliphatic carbocycles. The molecule has 2 N–H and O–H groups in total. The average molecular weight is 283 g/mol. The normalized spacial score (nSPS) is 20.8. The van der Waals surface area contributed by atoms with E-state index in [0.29, 0.717) is 11.7 Å². The van der Waals surface area contributed by atoms with E-state index < -0.39 is 9.84 Å². The highest BCUT2D eigenvalue weighted by Gasteiger charge is 2.13. The van der Waals surface area contributed by atoms with Crippen molar-refractivity contribution in [2.75, 3.05) is 31.2 Å². The van der Waals surface area contributed by atoms with Crippen molar-refractivity contribution in [2.24, 2.45) is 5.92 Å². The van der Waals surface area contributed by atoms with Gasteiger partial charge in [0.15, 0.2) is 14.9 Å². The van der Waals surface area contributed by atoms with Crippen molar-refractivity contribution in [1.29, 1.82) is 0 Å². The molecule has 0 saturated carbocycles. The Morgan fingerprint density at radius 1 is 1.42 bits per heavy atom. The van der Waals surface area contributed by atoms with Crippen LogP contribution in [0.1, 0.15) is 19.3 Å². The molecule has 1 atom stereocenters. The minimum Gasteiger partial charge on any atom is -0.370 e. The van der Waals surface area contributed by atoms with Crippen LogP contribution in [0.2, 0.25) is 0 Å². The van der Waals surface area contributed by atoms with E-state index in [1.807, 2.05) is 0 Å². The number of pyridine rings is 1. The molecule has 2 rings (SSSR count). The van der Waals surface area contributed by atoms with Crippen molar-refractivity contribution in [3.8, 4) is 0 Å². The second-order valence-corrected chi connectivity index (χ2v) is 7.04. The fourth-order valence-corrected chi connectivity index (χ4v) is 2.82. The summed E-state index contributed by atoms with van der Waals surface area (Å²) < 4.78 is 22.9. The van der Waals surface area contributed by atoms with Gasteiger partial charge in [-0.15, -0.1) is 0 Å². The predicted molar refractivity (Wildman–Crippen MR) is 76.0 cm³/mol. The van der Waals surface area contributed by atoms with Gasteiger partial charge in [0.05, 0.1) is 0 Å². The maximum atomic E-state index is 11.4. The number of hydrogen-bond acceptors (Lipinski definition) is 5. The van der Waals surface area contributed by atoms with Crippen LogP contribution in [0, 0.1) is 5.92 Å². The zero-order chi connectivity index (χ0) is 13.7. The van der Waals surface area contributed by atoms with Crippen LogP contribution in [-0.4, -0.2) is 39.3 Å². The van der Waals surface area contributed by atoms with E-state index in [1.165, 1.54) is 31.6 Å². The number of nitrogens with zero attached hydrogens (tertiary/aromatic N) is 1. The SMILES string of the molecule is CS(=O)(=O)c1cccc(NCC2CCCCNC2)n1. The van der Waals surface area contributed by atoms with Gasteiger partial charge in [0.1, 0.15) is 5.82 Å². The van der Waals surface area contributed by atoms with Crippen LogP contribution in [0.4, 0.5) is 5.82 Å². The quantitative estimate of drug-likeness (QED) is 0.871. The molecule has 106 valence electrons. The first-order chi connectivity index (χ1) is 9.05. The summed E-state index contributed by atoms with van der Waals surface area (Å²) in [5, 5.41) is 6.77. The second kappa shape index (κ2) is 6.34. The topological polar surface area (TPSA) is 71.1 Å². The molecule has 6 heteroatoms. The molecule has 1 saturated heterocycles. The molecule has 1 unspecified atom stereocenters. The number of anilines is 1. The molecule has 1 aliphatic rings. The van der Waals surface area contributed by atoms with E-state index in [0.717, 1.165) is 19.6 Å². The molecule has 0 radical (unpaired) electrons. The van der Waals surface area contributed by atoms with Crippen LogP contribution in [0.25, 0.3) is 0 Å². The van der Waals surface area contributed by atoms with Gasteiger partial charge in [-0.2, -0.15) is 0 Å². The summed E-state index contributed by atoms with van der Waals surface area (Å²) in [5.41, 5.74) is 0. The average Bonchev–Trinajstić information content (AvgIpc) is 2.64. The highest BCUT2D eigenvalue weighted by atomic mass is 32.2. The number of aromatic nitrogens is 1. The Bertz CT molecular complexity index is 508. The van der Waals surface area contributed by atoms with Crippen molar-refractivity contribution in [1.82, 2.24) is 10.3 Å². The van der Waals surface area contributed by atoms with Crippen LogP contribution >= 0.6 is 0 Å². The molecule has 0 spiro atoms. The third kappa shape index (κ3) is 4.47. The fourth-order valence-electron chi connectivity index (χ4n) is 2.23. The molecule has 19 heavy (non-hydrogen) atoms. The highest BCUT2D eigenvalue weighted by molar-refractivity contribution is 7.90. The molecule has 1 aromatic rings. The number of rotatable bonds is 4. The van der Waals surface area contributed by atoms with Gasteiger partial charge in [0.2, 0.25) is 0 Å². The summed E-state index contributed by atoms with van der Waals surface area (Å²) >= 11 is 0. The molecule has 5 nitrogen and oxygen atoms in total. The molecule has 1 aromatic heterocycles. The third-order valence-corrected chi connectivity index (χ3v) is 4.31. The largest absolute Gasteiger partial charge is 0.370 e. The highest BCUT2D eigenvalue weighted by Crippen LogP contribution is 2.14. The van der Waals surface area contributed by atoms with Crippen LogP contribution in [0.15, 0.2) is 23.2 Å². The molecular formula is C13H21N3O2S. The summed E-state index contributed by atoms with van der Waals surface area (Å²) in [4.78, 5) is 4.13. The van der Waals surface area contributed by atoms with Gasteiger partial charge in [0.25, 0.3) is 0 Å². The van der Waals surface area contributed by atoms with Gasteiger partial charge in [-0.1, -0.05) is 12.5 Å². The zero-order valence-corrected chi connectivity index (χ0v) is 12.0. The Hall–Kier alpha value is -1.14. The lowest BCUT2D eigenvalue weighted by Crippen LogP contribution is -2.26. The van der Waals surface area contributed by atoms with E-state index in [9.17, 15) is 8.42 Å². The van der Waals surface area contributed by atoms with Crippen molar-refractivity contribution < 1.29 is 8.42 Å². The minimum atomic E-state index is -3.24. The van der Waals surface area contributed by atoms with Gasteiger partial charge in [-0.3, -0.25) is 0 Å².